The van der Waals surface area contributed by atoms with Crippen LogP contribution in [-0.2, 0) is 0 Å². The van der Waals surface area contributed by atoms with E-state index in [2.05, 4.69) is 10.7 Å². The van der Waals surface area contributed by atoms with Crippen LogP contribution in [-0.4, -0.2) is 22.0 Å². The van der Waals surface area contributed by atoms with Gasteiger partial charge in [0.1, 0.15) is 0 Å². The van der Waals surface area contributed by atoms with Crippen molar-refractivity contribution in [1.29, 1.82) is 0 Å². The minimum atomic E-state index is -1.45. The summed E-state index contributed by atoms with van der Waals surface area (Å²) in [5, 5.41) is -0.670. The van der Waals surface area contributed by atoms with Crippen LogP contribution in [0.1, 0.15) is 10.4 Å². The van der Waals surface area contributed by atoms with Gasteiger partial charge in [0.25, 0.3) is 5.91 Å². The highest BCUT2D eigenvalue weighted by Crippen LogP contribution is 2.02. The van der Waals surface area contributed by atoms with Gasteiger partial charge in [-0.15, -0.1) is 0 Å². The lowest BCUT2D eigenvalue weighted by Crippen LogP contribution is -2.34. The van der Waals surface area contributed by atoms with Crippen molar-refractivity contribution in [3.05, 3.63) is 30.1 Å². The molecule has 5 nitrogen and oxygen atoms in total. The highest BCUT2D eigenvalue weighted by molar-refractivity contribution is 6.02. The first kappa shape index (κ1) is 9.11. The zero-order chi connectivity index (χ0) is 9.84. The largest absolute Gasteiger partial charge is 0.350 e. The quantitative estimate of drug-likeness (QED) is 0.643. The first-order valence-electron chi connectivity index (χ1n) is 3.32. The van der Waals surface area contributed by atoms with Gasteiger partial charge < -0.3 is 5.73 Å². The molecule has 0 aromatic carbocycles. The summed E-state index contributed by atoms with van der Waals surface area (Å²) in [6, 6.07) is 1.32. The van der Waals surface area contributed by atoms with Gasteiger partial charge in [-0.05, 0) is 12.1 Å². The second kappa shape index (κ2) is 3.61. The number of primary amides is 1. The van der Waals surface area contributed by atoms with Crippen LogP contribution in [0, 0.1) is 0 Å². The van der Waals surface area contributed by atoms with E-state index in [0.717, 1.165) is 6.20 Å². The standard InChI is InChI=1S/C7H6FN3O2/c8-11(7(9)13)6(12)5-2-1-3-10-4-5/h1-4H,(H2,9,13). The van der Waals surface area contributed by atoms with Crippen LogP contribution in [0.15, 0.2) is 24.5 Å². The third-order valence-corrected chi connectivity index (χ3v) is 1.28. The van der Waals surface area contributed by atoms with E-state index >= 15 is 0 Å². The number of amides is 3. The molecule has 0 aliphatic rings. The molecule has 0 bridgehead atoms. The summed E-state index contributed by atoms with van der Waals surface area (Å²) in [6.45, 7) is 0. The minimum absolute atomic E-state index is 0.0381. The van der Waals surface area contributed by atoms with E-state index in [1.165, 1.54) is 18.3 Å². The Bertz CT molecular complexity index is 328. The van der Waals surface area contributed by atoms with Crippen LogP contribution >= 0.6 is 0 Å². The SMILES string of the molecule is NC(=O)N(F)C(=O)c1cccnc1. The maximum Gasteiger partial charge on any atom is 0.350 e. The topological polar surface area (TPSA) is 76.3 Å². The molecule has 0 saturated heterocycles. The Balaban J connectivity index is 2.86. The second-order valence-electron chi connectivity index (χ2n) is 2.17. The van der Waals surface area contributed by atoms with Crippen molar-refractivity contribution >= 4 is 11.9 Å². The van der Waals surface area contributed by atoms with E-state index in [1.807, 2.05) is 0 Å². The molecular weight excluding hydrogens is 177 g/mol. The number of halogens is 1. The summed E-state index contributed by atoms with van der Waals surface area (Å²) >= 11 is 0. The fourth-order valence-electron chi connectivity index (χ4n) is 0.703. The number of pyridine rings is 1. The maximum absolute atomic E-state index is 12.6. The maximum atomic E-state index is 12.6. The van der Waals surface area contributed by atoms with Crippen LogP contribution in [0.5, 0.6) is 0 Å². The molecule has 0 aliphatic heterocycles. The lowest BCUT2D eigenvalue weighted by Gasteiger charge is -2.05. The summed E-state index contributed by atoms with van der Waals surface area (Å²) in [5.74, 6) is -1.12. The summed E-state index contributed by atoms with van der Waals surface area (Å²) in [4.78, 5) is 24.8. The molecule has 1 rings (SSSR count). The van der Waals surface area contributed by atoms with E-state index in [-0.39, 0.29) is 5.56 Å². The van der Waals surface area contributed by atoms with Gasteiger partial charge in [-0.2, -0.15) is 0 Å². The van der Waals surface area contributed by atoms with E-state index in [4.69, 9.17) is 0 Å². The molecule has 0 unspecified atom stereocenters. The lowest BCUT2D eigenvalue weighted by molar-refractivity contribution is 0.0416. The number of imide groups is 1. The molecule has 13 heavy (non-hydrogen) atoms. The van der Waals surface area contributed by atoms with Gasteiger partial charge in [-0.3, -0.25) is 9.78 Å². The van der Waals surface area contributed by atoms with E-state index in [0.29, 0.717) is 0 Å². The Morgan fingerprint density at radius 1 is 1.54 bits per heavy atom. The molecular formula is C7H6FN3O2. The third-order valence-electron chi connectivity index (χ3n) is 1.28. The highest BCUT2D eigenvalue weighted by Gasteiger charge is 2.19. The van der Waals surface area contributed by atoms with Crippen molar-refractivity contribution in [3.8, 4) is 0 Å². The van der Waals surface area contributed by atoms with Gasteiger partial charge in [-0.25, -0.2) is 4.79 Å². The normalized spacial score (nSPS) is 9.31. The molecule has 68 valence electrons. The molecule has 0 atom stereocenters. The molecule has 3 amide bonds. The van der Waals surface area contributed by atoms with Crippen LogP contribution in [0.4, 0.5) is 9.28 Å². The Kier molecular flexibility index (Phi) is 2.53. The fourth-order valence-corrected chi connectivity index (χ4v) is 0.703. The molecule has 1 aromatic heterocycles. The zero-order valence-corrected chi connectivity index (χ0v) is 6.48. The van der Waals surface area contributed by atoms with E-state index in [9.17, 15) is 14.1 Å². The first-order chi connectivity index (χ1) is 6.13. The number of rotatable bonds is 1. The molecule has 0 aliphatic carbocycles. The van der Waals surface area contributed by atoms with Crippen LogP contribution in [0.2, 0.25) is 0 Å². The van der Waals surface area contributed by atoms with Gasteiger partial charge >= 0.3 is 6.03 Å². The van der Waals surface area contributed by atoms with Crippen LogP contribution in [0.3, 0.4) is 0 Å². The number of hydrogen-bond acceptors (Lipinski definition) is 3. The number of nitrogens with zero attached hydrogens (tertiary/aromatic N) is 2. The number of urea groups is 1. The van der Waals surface area contributed by atoms with Gasteiger partial charge in [0.05, 0.1) is 5.56 Å². The van der Waals surface area contributed by atoms with E-state index in [1.54, 1.807) is 0 Å². The van der Waals surface area contributed by atoms with Gasteiger partial charge in [-0.1, -0.05) is 9.60 Å². The van der Waals surface area contributed by atoms with Crippen LogP contribution in [0.25, 0.3) is 0 Å². The van der Waals surface area contributed by atoms with Crippen molar-refractivity contribution in [2.45, 2.75) is 0 Å². The average Bonchev–Trinajstić information content (AvgIpc) is 2.17. The minimum Gasteiger partial charge on any atom is -0.349 e. The van der Waals surface area contributed by atoms with Gasteiger partial charge in [0.15, 0.2) is 0 Å². The van der Waals surface area contributed by atoms with Crippen molar-refractivity contribution in [3.63, 3.8) is 0 Å². The molecule has 0 radical (unpaired) electrons. The molecule has 2 N–H and O–H groups in total. The Morgan fingerprint density at radius 3 is 2.69 bits per heavy atom. The molecule has 6 heteroatoms. The summed E-state index contributed by atoms with van der Waals surface area (Å²) in [6.07, 6.45) is 2.56. The molecule has 1 heterocycles. The molecule has 0 saturated carbocycles. The average molecular weight is 183 g/mol. The Labute approximate surface area is 72.9 Å². The van der Waals surface area contributed by atoms with Gasteiger partial charge in [0.2, 0.25) is 0 Å². The second-order valence-corrected chi connectivity index (χ2v) is 2.17. The Hall–Kier alpha value is -1.98. The van der Waals surface area contributed by atoms with Crippen molar-refractivity contribution < 1.29 is 14.1 Å². The van der Waals surface area contributed by atoms with E-state index < -0.39 is 17.1 Å². The van der Waals surface area contributed by atoms with Crippen molar-refractivity contribution in [2.75, 3.05) is 0 Å². The lowest BCUT2D eigenvalue weighted by atomic mass is 10.3. The summed E-state index contributed by atoms with van der Waals surface area (Å²) in [7, 11) is 0. The predicted octanol–water partition coefficient (Wildman–Crippen LogP) is 0.487. The summed E-state index contributed by atoms with van der Waals surface area (Å²) < 4.78 is 12.6. The number of carbonyl (C=O) groups excluding carboxylic acids is 2. The number of hydrogen-bond donors (Lipinski definition) is 1. The monoisotopic (exact) mass is 183 g/mol. The fraction of sp³-hybridized carbons (Fsp3) is 0. The number of carbonyl (C=O) groups is 2. The number of aromatic nitrogens is 1. The first-order valence-corrected chi connectivity index (χ1v) is 3.32. The zero-order valence-electron chi connectivity index (χ0n) is 6.48. The Morgan fingerprint density at radius 2 is 2.23 bits per heavy atom. The highest BCUT2D eigenvalue weighted by atomic mass is 19.2. The van der Waals surface area contributed by atoms with Crippen molar-refractivity contribution in [1.82, 2.24) is 10.1 Å². The number of nitrogens with two attached hydrogens (primary N) is 1. The molecule has 1 aromatic rings. The van der Waals surface area contributed by atoms with Gasteiger partial charge in [0, 0.05) is 12.4 Å². The molecule has 0 fully saturated rings. The molecule has 0 spiro atoms. The van der Waals surface area contributed by atoms with Crippen LogP contribution < -0.4 is 5.73 Å². The van der Waals surface area contributed by atoms with Crippen molar-refractivity contribution in [2.24, 2.45) is 5.73 Å². The summed E-state index contributed by atoms with van der Waals surface area (Å²) in [5.41, 5.74) is 4.51. The third kappa shape index (κ3) is 1.98. The predicted molar refractivity (Wildman–Crippen MR) is 41.1 cm³/mol. The smallest absolute Gasteiger partial charge is 0.349 e.